The number of aliphatic carboxylic acids is 1. The zero-order valence-electron chi connectivity index (χ0n) is 7.28. The number of hydrogen-bond donors (Lipinski definition) is 2. The summed E-state index contributed by atoms with van der Waals surface area (Å²) in [6, 6.07) is 0. The van der Waals surface area contributed by atoms with Crippen LogP contribution < -0.4 is 5.32 Å². The number of hydrogen-bond acceptors (Lipinski definition) is 3. The quantitative estimate of drug-likeness (QED) is 0.641. The van der Waals surface area contributed by atoms with Crippen molar-refractivity contribution >= 4 is 18.4 Å². The largest absolute Gasteiger partial charge is 0.481 e. The lowest BCUT2D eigenvalue weighted by Gasteiger charge is -2.34. The van der Waals surface area contributed by atoms with Crippen LogP contribution >= 0.6 is 12.4 Å². The van der Waals surface area contributed by atoms with Gasteiger partial charge in [0.25, 0.3) is 0 Å². The van der Waals surface area contributed by atoms with Crippen molar-refractivity contribution < 1.29 is 14.6 Å². The van der Waals surface area contributed by atoms with E-state index in [-0.39, 0.29) is 18.3 Å². The molecule has 5 heteroatoms. The average Bonchev–Trinajstić information content (AvgIpc) is 2.48. The third-order valence-electron chi connectivity index (χ3n) is 3.01. The van der Waals surface area contributed by atoms with Crippen LogP contribution in [0.5, 0.6) is 0 Å². The van der Waals surface area contributed by atoms with E-state index in [2.05, 4.69) is 5.32 Å². The zero-order valence-corrected chi connectivity index (χ0v) is 8.10. The predicted octanol–water partition coefficient (Wildman–Crippen LogP) is 0.119. The smallest absolute Gasteiger partial charge is 0.313 e. The van der Waals surface area contributed by atoms with Gasteiger partial charge in [0.1, 0.15) is 5.41 Å². The first-order valence-corrected chi connectivity index (χ1v) is 4.27. The van der Waals surface area contributed by atoms with Gasteiger partial charge in [-0.05, 0) is 18.9 Å². The van der Waals surface area contributed by atoms with Crippen LogP contribution in [0.3, 0.4) is 0 Å². The highest BCUT2D eigenvalue weighted by Crippen LogP contribution is 2.37. The van der Waals surface area contributed by atoms with Crippen molar-refractivity contribution in [3.05, 3.63) is 0 Å². The molecule has 13 heavy (non-hydrogen) atoms. The minimum absolute atomic E-state index is 0. The highest BCUT2D eigenvalue weighted by Gasteiger charge is 2.51. The Bertz CT molecular complexity index is 212. The van der Waals surface area contributed by atoms with Gasteiger partial charge in [0.05, 0.1) is 6.61 Å². The standard InChI is InChI=1S/C8H13NO3.ClH/c10-7(11)8-4-9-3-6(8)1-2-12-5-8;/h6,9H,1-5H2,(H,10,11);1H. The minimum Gasteiger partial charge on any atom is -0.481 e. The van der Waals surface area contributed by atoms with Crippen molar-refractivity contribution in [1.82, 2.24) is 5.32 Å². The van der Waals surface area contributed by atoms with E-state index in [4.69, 9.17) is 9.84 Å². The van der Waals surface area contributed by atoms with Gasteiger partial charge in [-0.2, -0.15) is 0 Å². The minimum atomic E-state index is -0.711. The summed E-state index contributed by atoms with van der Waals surface area (Å²) >= 11 is 0. The molecule has 0 saturated carbocycles. The van der Waals surface area contributed by atoms with E-state index in [0.717, 1.165) is 13.0 Å². The Balaban J connectivity index is 0.000000845. The topological polar surface area (TPSA) is 58.6 Å². The molecule has 2 fully saturated rings. The van der Waals surface area contributed by atoms with E-state index in [1.807, 2.05) is 0 Å². The second-order valence-corrected chi connectivity index (χ2v) is 3.63. The maximum atomic E-state index is 11.0. The van der Waals surface area contributed by atoms with Crippen LogP contribution in [0, 0.1) is 11.3 Å². The third kappa shape index (κ3) is 1.54. The van der Waals surface area contributed by atoms with Gasteiger partial charge in [0.15, 0.2) is 0 Å². The highest BCUT2D eigenvalue weighted by atomic mass is 35.5. The SMILES string of the molecule is Cl.O=C(O)C12CNCC1CCOC2. The highest BCUT2D eigenvalue weighted by molar-refractivity contribution is 5.85. The summed E-state index contributed by atoms with van der Waals surface area (Å²) in [5.74, 6) is -0.444. The van der Waals surface area contributed by atoms with Crippen LogP contribution in [0.15, 0.2) is 0 Å². The van der Waals surface area contributed by atoms with Crippen LogP contribution in [-0.4, -0.2) is 37.4 Å². The molecule has 2 unspecified atom stereocenters. The molecule has 0 spiro atoms. The Morgan fingerprint density at radius 3 is 3.00 bits per heavy atom. The molecule has 0 radical (unpaired) electrons. The Morgan fingerprint density at radius 1 is 1.62 bits per heavy atom. The fraction of sp³-hybridized carbons (Fsp3) is 0.875. The van der Waals surface area contributed by atoms with E-state index in [9.17, 15) is 4.79 Å². The van der Waals surface area contributed by atoms with Crippen molar-refractivity contribution in [2.24, 2.45) is 11.3 Å². The van der Waals surface area contributed by atoms with Gasteiger partial charge in [0.2, 0.25) is 0 Å². The second-order valence-electron chi connectivity index (χ2n) is 3.63. The number of nitrogens with one attached hydrogen (secondary N) is 1. The number of rotatable bonds is 1. The van der Waals surface area contributed by atoms with Crippen molar-refractivity contribution in [3.8, 4) is 0 Å². The number of fused-ring (bicyclic) bond motifs is 1. The number of carboxylic acid groups (broad SMARTS) is 1. The summed E-state index contributed by atoms with van der Waals surface area (Å²) in [6.45, 7) is 2.48. The maximum absolute atomic E-state index is 11.0. The van der Waals surface area contributed by atoms with E-state index in [0.29, 0.717) is 19.8 Å². The molecule has 0 aliphatic carbocycles. The fourth-order valence-corrected chi connectivity index (χ4v) is 2.15. The molecule has 2 atom stereocenters. The van der Waals surface area contributed by atoms with Crippen LogP contribution in [0.1, 0.15) is 6.42 Å². The van der Waals surface area contributed by atoms with Gasteiger partial charge in [-0.25, -0.2) is 0 Å². The number of halogens is 1. The predicted molar refractivity (Wildman–Crippen MR) is 49.1 cm³/mol. The summed E-state index contributed by atoms with van der Waals surface area (Å²) in [4.78, 5) is 11.0. The first kappa shape index (κ1) is 10.8. The summed E-state index contributed by atoms with van der Waals surface area (Å²) in [6.07, 6.45) is 0.874. The van der Waals surface area contributed by atoms with Gasteiger partial charge >= 0.3 is 5.97 Å². The van der Waals surface area contributed by atoms with Crippen LogP contribution in [-0.2, 0) is 9.53 Å². The Labute approximate surface area is 83.1 Å². The molecular weight excluding hydrogens is 194 g/mol. The first-order chi connectivity index (χ1) is 5.76. The summed E-state index contributed by atoms with van der Waals surface area (Å²) in [5.41, 5.74) is -0.627. The molecule has 0 aromatic carbocycles. The zero-order chi connectivity index (χ0) is 8.60. The lowest BCUT2D eigenvalue weighted by Crippen LogP contribution is -2.46. The molecule has 76 valence electrons. The molecule has 2 aliphatic heterocycles. The molecule has 2 saturated heterocycles. The molecule has 0 amide bonds. The van der Waals surface area contributed by atoms with Crippen molar-refractivity contribution in [2.45, 2.75) is 6.42 Å². The second kappa shape index (κ2) is 3.82. The number of carboxylic acids is 1. The third-order valence-corrected chi connectivity index (χ3v) is 3.01. The van der Waals surface area contributed by atoms with Crippen molar-refractivity contribution in [2.75, 3.05) is 26.3 Å². The van der Waals surface area contributed by atoms with E-state index in [1.165, 1.54) is 0 Å². The Morgan fingerprint density at radius 2 is 2.38 bits per heavy atom. The first-order valence-electron chi connectivity index (χ1n) is 4.27. The Kier molecular flexibility index (Phi) is 3.16. The molecule has 0 aromatic heterocycles. The monoisotopic (exact) mass is 207 g/mol. The van der Waals surface area contributed by atoms with Gasteiger partial charge < -0.3 is 15.2 Å². The van der Waals surface area contributed by atoms with E-state index >= 15 is 0 Å². The molecule has 4 nitrogen and oxygen atoms in total. The number of carbonyl (C=O) groups is 1. The Hall–Kier alpha value is -0.320. The van der Waals surface area contributed by atoms with E-state index < -0.39 is 11.4 Å². The molecule has 2 heterocycles. The van der Waals surface area contributed by atoms with Gasteiger partial charge in [-0.1, -0.05) is 0 Å². The van der Waals surface area contributed by atoms with Crippen LogP contribution in [0.25, 0.3) is 0 Å². The van der Waals surface area contributed by atoms with Gasteiger partial charge in [-0.3, -0.25) is 4.79 Å². The normalized spacial score (nSPS) is 37.7. The van der Waals surface area contributed by atoms with Gasteiger partial charge in [-0.15, -0.1) is 12.4 Å². The van der Waals surface area contributed by atoms with Crippen molar-refractivity contribution in [3.63, 3.8) is 0 Å². The molecule has 0 aromatic rings. The number of ether oxygens (including phenoxy) is 1. The van der Waals surface area contributed by atoms with E-state index in [1.54, 1.807) is 0 Å². The summed E-state index contributed by atoms with van der Waals surface area (Å²) in [7, 11) is 0. The molecular formula is C8H14ClNO3. The van der Waals surface area contributed by atoms with Crippen molar-refractivity contribution in [1.29, 1.82) is 0 Å². The van der Waals surface area contributed by atoms with Gasteiger partial charge in [0, 0.05) is 13.2 Å². The van der Waals surface area contributed by atoms with Crippen LogP contribution in [0.4, 0.5) is 0 Å². The lowest BCUT2D eigenvalue weighted by atomic mass is 9.76. The van der Waals surface area contributed by atoms with Crippen LogP contribution in [0.2, 0.25) is 0 Å². The maximum Gasteiger partial charge on any atom is 0.313 e. The molecule has 2 aliphatic rings. The summed E-state index contributed by atoms with van der Waals surface area (Å²) < 4.78 is 5.23. The lowest BCUT2D eigenvalue weighted by molar-refractivity contribution is -0.159. The molecule has 2 N–H and O–H groups in total. The molecule has 0 bridgehead atoms. The molecule has 2 rings (SSSR count). The average molecular weight is 208 g/mol. The fourth-order valence-electron chi connectivity index (χ4n) is 2.15. The summed E-state index contributed by atoms with van der Waals surface area (Å²) in [5, 5.41) is 12.2.